The van der Waals surface area contributed by atoms with Gasteiger partial charge in [0, 0.05) is 33.2 Å². The molecule has 0 amide bonds. The average Bonchev–Trinajstić information content (AvgIpc) is 2.69. The molecule has 29 heavy (non-hydrogen) atoms. The molecule has 2 unspecified atom stereocenters. The molecule has 0 radical (unpaired) electrons. The van der Waals surface area contributed by atoms with E-state index in [-0.39, 0.29) is 5.92 Å². The minimum atomic E-state index is -0.915. The molecule has 0 aromatic heterocycles. The van der Waals surface area contributed by atoms with Crippen molar-refractivity contribution >= 4 is 35.0 Å². The van der Waals surface area contributed by atoms with Crippen LogP contribution in [0.1, 0.15) is 29.5 Å². The van der Waals surface area contributed by atoms with E-state index in [1.165, 1.54) is 0 Å². The van der Waals surface area contributed by atoms with Crippen molar-refractivity contribution in [2.24, 2.45) is 0 Å². The molecule has 0 aliphatic heterocycles. The third kappa shape index (κ3) is 5.78. The monoisotopic (exact) mass is 445 g/mol. The zero-order valence-electron chi connectivity index (χ0n) is 16.5. The zero-order valence-corrected chi connectivity index (χ0v) is 18.9. The van der Waals surface area contributed by atoms with Gasteiger partial charge in [-0.1, -0.05) is 71.7 Å². The van der Waals surface area contributed by atoms with Gasteiger partial charge in [0.05, 0.1) is 5.60 Å². The van der Waals surface area contributed by atoms with Gasteiger partial charge in [-0.05, 0) is 54.9 Å². The summed E-state index contributed by atoms with van der Waals surface area (Å²) >= 11 is 14.0. The van der Waals surface area contributed by atoms with E-state index < -0.39 is 5.60 Å². The Labute approximate surface area is 187 Å². The van der Waals surface area contributed by atoms with Gasteiger partial charge >= 0.3 is 0 Å². The van der Waals surface area contributed by atoms with Crippen molar-refractivity contribution in [3.63, 3.8) is 0 Å². The smallest absolute Gasteiger partial charge is 0.0851 e. The Morgan fingerprint density at radius 1 is 0.966 bits per heavy atom. The van der Waals surface area contributed by atoms with E-state index in [1.54, 1.807) is 17.8 Å². The summed E-state index contributed by atoms with van der Waals surface area (Å²) in [7, 11) is 1.86. The number of nitrogens with one attached hydrogen (secondary N) is 1. The summed E-state index contributed by atoms with van der Waals surface area (Å²) in [5.41, 5.74) is 2.33. The lowest BCUT2D eigenvalue weighted by Gasteiger charge is -2.34. The van der Waals surface area contributed by atoms with Gasteiger partial charge in [0.15, 0.2) is 0 Å². The molecule has 0 saturated heterocycles. The van der Waals surface area contributed by atoms with Crippen molar-refractivity contribution in [1.29, 1.82) is 0 Å². The Morgan fingerprint density at radius 3 is 2.24 bits per heavy atom. The second-order valence-electron chi connectivity index (χ2n) is 7.32. The van der Waals surface area contributed by atoms with Gasteiger partial charge in [0.1, 0.15) is 0 Å². The maximum absolute atomic E-state index is 11.2. The molecule has 2 atom stereocenters. The molecule has 2 nitrogen and oxygen atoms in total. The molecule has 3 aromatic carbocycles. The summed E-state index contributed by atoms with van der Waals surface area (Å²) in [6, 6.07) is 24.2. The molecule has 2 N–H and O–H groups in total. The number of thioether (sulfide) groups is 1. The fourth-order valence-electron chi connectivity index (χ4n) is 3.57. The van der Waals surface area contributed by atoms with Crippen molar-refractivity contribution in [2.45, 2.75) is 29.1 Å². The molecule has 5 heteroatoms. The fourth-order valence-corrected chi connectivity index (χ4v) is 5.03. The third-order valence-electron chi connectivity index (χ3n) is 4.91. The minimum absolute atomic E-state index is 0.124. The highest BCUT2D eigenvalue weighted by Gasteiger charge is 2.33. The molecule has 3 rings (SSSR count). The van der Waals surface area contributed by atoms with Crippen LogP contribution in [0.5, 0.6) is 0 Å². The second-order valence-corrected chi connectivity index (χ2v) is 9.22. The van der Waals surface area contributed by atoms with E-state index in [0.29, 0.717) is 16.6 Å². The average molecular weight is 446 g/mol. The van der Waals surface area contributed by atoms with Crippen LogP contribution in [0.2, 0.25) is 10.0 Å². The SMILES string of the molecule is CNCC(C)(O)C(c1ccccc1)c1ccc(SCc2ccc(Cl)cc2Cl)cc1. The van der Waals surface area contributed by atoms with Gasteiger partial charge in [-0.2, -0.15) is 0 Å². The van der Waals surface area contributed by atoms with Crippen molar-refractivity contribution in [1.82, 2.24) is 5.32 Å². The lowest BCUT2D eigenvalue weighted by molar-refractivity contribution is 0.0448. The van der Waals surface area contributed by atoms with E-state index in [1.807, 2.05) is 44.3 Å². The highest BCUT2D eigenvalue weighted by molar-refractivity contribution is 7.98. The molecule has 3 aromatic rings. The molecule has 0 fully saturated rings. The van der Waals surface area contributed by atoms with Crippen molar-refractivity contribution in [3.05, 3.63) is 99.5 Å². The van der Waals surface area contributed by atoms with E-state index in [0.717, 1.165) is 27.3 Å². The number of aliphatic hydroxyl groups is 1. The second kappa shape index (κ2) is 10.0. The van der Waals surface area contributed by atoms with Crippen LogP contribution in [0.3, 0.4) is 0 Å². The molecule has 0 heterocycles. The Kier molecular flexibility index (Phi) is 7.66. The van der Waals surface area contributed by atoms with Crippen molar-refractivity contribution in [3.8, 4) is 0 Å². The summed E-state index contributed by atoms with van der Waals surface area (Å²) in [6.07, 6.45) is 0. The summed E-state index contributed by atoms with van der Waals surface area (Å²) in [4.78, 5) is 1.15. The van der Waals surface area contributed by atoms with Gasteiger partial charge in [-0.15, -0.1) is 11.8 Å². The van der Waals surface area contributed by atoms with E-state index >= 15 is 0 Å². The van der Waals surface area contributed by atoms with Crippen LogP contribution in [-0.4, -0.2) is 24.3 Å². The molecule has 0 spiro atoms. The molecule has 0 saturated carbocycles. The van der Waals surface area contributed by atoms with Gasteiger partial charge in [0.25, 0.3) is 0 Å². The Bertz CT molecular complexity index is 929. The molecule has 0 aliphatic carbocycles. The van der Waals surface area contributed by atoms with Crippen LogP contribution in [0.4, 0.5) is 0 Å². The van der Waals surface area contributed by atoms with Gasteiger partial charge < -0.3 is 10.4 Å². The quantitative estimate of drug-likeness (QED) is 0.394. The Morgan fingerprint density at radius 2 is 1.62 bits per heavy atom. The molecule has 0 aliphatic rings. The van der Waals surface area contributed by atoms with Crippen molar-refractivity contribution in [2.75, 3.05) is 13.6 Å². The number of rotatable bonds is 8. The lowest BCUT2D eigenvalue weighted by atomic mass is 9.78. The minimum Gasteiger partial charge on any atom is -0.388 e. The first-order valence-corrected chi connectivity index (χ1v) is 11.2. The number of hydrogen-bond acceptors (Lipinski definition) is 3. The predicted molar refractivity (Wildman–Crippen MR) is 125 cm³/mol. The van der Waals surface area contributed by atoms with Crippen LogP contribution in [0, 0.1) is 0 Å². The highest BCUT2D eigenvalue weighted by Crippen LogP contribution is 2.36. The molecular formula is C24H25Cl2NOS. The van der Waals surface area contributed by atoms with Gasteiger partial charge in [-0.25, -0.2) is 0 Å². The van der Waals surface area contributed by atoms with E-state index in [4.69, 9.17) is 23.2 Å². The van der Waals surface area contributed by atoms with Crippen molar-refractivity contribution < 1.29 is 5.11 Å². The third-order valence-corrected chi connectivity index (χ3v) is 6.56. The summed E-state index contributed by atoms with van der Waals surface area (Å²) < 4.78 is 0. The molecule has 0 bridgehead atoms. The first-order valence-electron chi connectivity index (χ1n) is 9.49. The van der Waals surface area contributed by atoms with Crippen LogP contribution < -0.4 is 5.32 Å². The van der Waals surface area contributed by atoms with Crippen LogP contribution in [0.15, 0.2) is 77.7 Å². The van der Waals surface area contributed by atoms with Crippen LogP contribution in [0.25, 0.3) is 0 Å². The molecule has 152 valence electrons. The fraction of sp³-hybridized carbons (Fsp3) is 0.250. The number of hydrogen-bond donors (Lipinski definition) is 2. The number of benzene rings is 3. The largest absolute Gasteiger partial charge is 0.388 e. The van der Waals surface area contributed by atoms with Gasteiger partial charge in [-0.3, -0.25) is 0 Å². The zero-order chi connectivity index (χ0) is 20.9. The number of halogens is 2. The summed E-state index contributed by atoms with van der Waals surface area (Å²) in [5.74, 6) is 0.649. The summed E-state index contributed by atoms with van der Waals surface area (Å²) in [5, 5.41) is 15.6. The Hall–Kier alpha value is -1.49. The van der Waals surface area contributed by atoms with E-state index in [2.05, 4.69) is 41.7 Å². The van der Waals surface area contributed by atoms with E-state index in [9.17, 15) is 5.11 Å². The van der Waals surface area contributed by atoms with Crippen LogP contribution >= 0.6 is 35.0 Å². The molecular weight excluding hydrogens is 421 g/mol. The Balaban J connectivity index is 1.80. The first-order chi connectivity index (χ1) is 13.9. The summed E-state index contributed by atoms with van der Waals surface area (Å²) in [6.45, 7) is 2.38. The maximum Gasteiger partial charge on any atom is 0.0851 e. The number of likely N-dealkylation sites (N-methyl/N-ethyl adjacent to an activating group) is 1. The topological polar surface area (TPSA) is 32.3 Å². The highest BCUT2D eigenvalue weighted by atomic mass is 35.5. The first kappa shape index (κ1) is 22.2. The predicted octanol–water partition coefficient (Wildman–Crippen LogP) is 6.39. The lowest BCUT2D eigenvalue weighted by Crippen LogP contribution is -2.42. The normalized spacial score (nSPS) is 14.4. The standard InChI is InChI=1S/C24H25Cl2NOS/c1-24(28,16-27-2)23(17-6-4-3-5-7-17)18-9-12-21(13-10-18)29-15-19-8-11-20(25)14-22(19)26/h3-14,23,27-28H,15-16H2,1-2H3. The maximum atomic E-state index is 11.2. The van der Waals surface area contributed by atoms with Crippen LogP contribution in [-0.2, 0) is 5.75 Å². The van der Waals surface area contributed by atoms with Gasteiger partial charge in [0.2, 0.25) is 0 Å².